The lowest BCUT2D eigenvalue weighted by molar-refractivity contribution is 0.286. The first kappa shape index (κ1) is 21.9. The molecule has 0 radical (unpaired) electrons. The molecule has 2 N–H and O–H groups in total. The molecule has 5 nitrogen and oxygen atoms in total. The fraction of sp³-hybridized carbons (Fsp3) is 0.296. The monoisotopic (exact) mass is 431 g/mol. The van der Waals surface area contributed by atoms with Gasteiger partial charge in [0.25, 0.3) is 0 Å². The van der Waals surface area contributed by atoms with Gasteiger partial charge in [-0.15, -0.1) is 0 Å². The Morgan fingerprint density at radius 2 is 1.84 bits per heavy atom. The summed E-state index contributed by atoms with van der Waals surface area (Å²) in [6, 6.07) is 19.6. The van der Waals surface area contributed by atoms with Crippen LogP contribution in [-0.2, 0) is 6.61 Å². The van der Waals surface area contributed by atoms with Crippen LogP contribution in [0.5, 0.6) is 5.75 Å². The van der Waals surface area contributed by atoms with Crippen molar-refractivity contribution in [3.8, 4) is 5.75 Å². The fourth-order valence-corrected chi connectivity index (χ4v) is 3.83. The first-order chi connectivity index (χ1) is 15.6. The summed E-state index contributed by atoms with van der Waals surface area (Å²) in [6.45, 7) is 5.20. The van der Waals surface area contributed by atoms with Crippen LogP contribution in [0.4, 0.5) is 5.69 Å². The van der Waals surface area contributed by atoms with Crippen molar-refractivity contribution in [2.24, 2.45) is 0 Å². The maximum Gasteiger partial charge on any atom is 0.195 e. The third kappa shape index (κ3) is 4.78. The number of benzene rings is 3. The number of unbranched alkanes of at least 4 members (excludes halogenated alkanes) is 1. The SMILES string of the molecule is CC(C)c1cc(=O)c2c(NCCCCO)cc(OCc3cccc4ccccc34)cc2o1. The average Bonchev–Trinajstić information content (AvgIpc) is 2.80. The Morgan fingerprint density at radius 1 is 1.03 bits per heavy atom. The van der Waals surface area contributed by atoms with E-state index < -0.39 is 0 Å². The first-order valence-corrected chi connectivity index (χ1v) is 11.1. The number of nitrogens with one attached hydrogen (secondary N) is 1. The van der Waals surface area contributed by atoms with Crippen molar-refractivity contribution >= 4 is 27.4 Å². The zero-order valence-corrected chi connectivity index (χ0v) is 18.6. The Kier molecular flexibility index (Phi) is 6.76. The number of aliphatic hydroxyl groups is 1. The van der Waals surface area contributed by atoms with E-state index in [0.717, 1.165) is 17.4 Å². The average molecular weight is 432 g/mol. The highest BCUT2D eigenvalue weighted by molar-refractivity contribution is 5.91. The maximum absolute atomic E-state index is 12.9. The van der Waals surface area contributed by atoms with Gasteiger partial charge < -0.3 is 19.6 Å². The lowest BCUT2D eigenvalue weighted by atomic mass is 10.1. The molecule has 0 spiro atoms. The van der Waals surface area contributed by atoms with Crippen molar-refractivity contribution < 1.29 is 14.3 Å². The van der Waals surface area contributed by atoms with Crippen molar-refractivity contribution in [2.75, 3.05) is 18.5 Å². The van der Waals surface area contributed by atoms with E-state index in [4.69, 9.17) is 14.3 Å². The van der Waals surface area contributed by atoms with Crippen LogP contribution < -0.4 is 15.5 Å². The minimum atomic E-state index is -0.0692. The lowest BCUT2D eigenvalue weighted by Gasteiger charge is -2.14. The summed E-state index contributed by atoms with van der Waals surface area (Å²) in [6.07, 6.45) is 1.50. The van der Waals surface area contributed by atoms with E-state index in [1.807, 2.05) is 38.1 Å². The molecule has 166 valence electrons. The predicted molar refractivity (Wildman–Crippen MR) is 130 cm³/mol. The Bertz CT molecular complexity index is 1270. The minimum Gasteiger partial charge on any atom is -0.489 e. The summed E-state index contributed by atoms with van der Waals surface area (Å²) in [7, 11) is 0. The van der Waals surface area contributed by atoms with Gasteiger partial charge in [-0.3, -0.25) is 4.79 Å². The van der Waals surface area contributed by atoms with Crippen molar-refractivity contribution in [1.82, 2.24) is 0 Å². The van der Waals surface area contributed by atoms with Crippen LogP contribution in [0.2, 0.25) is 0 Å². The topological polar surface area (TPSA) is 71.7 Å². The molecule has 0 amide bonds. The van der Waals surface area contributed by atoms with E-state index in [-0.39, 0.29) is 18.0 Å². The molecule has 32 heavy (non-hydrogen) atoms. The van der Waals surface area contributed by atoms with Gasteiger partial charge in [0.15, 0.2) is 5.43 Å². The molecule has 0 aliphatic carbocycles. The summed E-state index contributed by atoms with van der Waals surface area (Å²) in [4.78, 5) is 12.9. The van der Waals surface area contributed by atoms with Crippen LogP contribution in [0, 0.1) is 0 Å². The molecule has 5 heteroatoms. The van der Waals surface area contributed by atoms with Crippen molar-refractivity contribution in [3.63, 3.8) is 0 Å². The van der Waals surface area contributed by atoms with Gasteiger partial charge in [-0.2, -0.15) is 0 Å². The second-order valence-electron chi connectivity index (χ2n) is 8.30. The van der Waals surface area contributed by atoms with E-state index in [9.17, 15) is 4.79 Å². The van der Waals surface area contributed by atoms with E-state index in [0.29, 0.717) is 47.7 Å². The zero-order chi connectivity index (χ0) is 22.5. The molecule has 3 aromatic carbocycles. The van der Waals surface area contributed by atoms with Gasteiger partial charge in [0.2, 0.25) is 0 Å². The van der Waals surface area contributed by atoms with Crippen LogP contribution in [0.25, 0.3) is 21.7 Å². The van der Waals surface area contributed by atoms with Gasteiger partial charge in [-0.05, 0) is 29.2 Å². The molecule has 0 saturated carbocycles. The maximum atomic E-state index is 12.9. The van der Waals surface area contributed by atoms with E-state index in [2.05, 4.69) is 29.6 Å². The highest BCUT2D eigenvalue weighted by atomic mass is 16.5. The van der Waals surface area contributed by atoms with Crippen LogP contribution in [0.15, 0.2) is 69.9 Å². The summed E-state index contributed by atoms with van der Waals surface area (Å²) in [5, 5.41) is 15.2. The van der Waals surface area contributed by atoms with Gasteiger partial charge in [0, 0.05) is 37.3 Å². The van der Waals surface area contributed by atoms with Gasteiger partial charge >= 0.3 is 0 Å². The number of ether oxygens (including phenoxy) is 1. The quantitative estimate of drug-likeness (QED) is 0.326. The summed E-state index contributed by atoms with van der Waals surface area (Å²) >= 11 is 0. The number of rotatable bonds is 9. The molecule has 0 fully saturated rings. The molecule has 0 atom stereocenters. The molecule has 0 aliphatic heterocycles. The van der Waals surface area contributed by atoms with Crippen LogP contribution in [0.1, 0.15) is 43.9 Å². The first-order valence-electron chi connectivity index (χ1n) is 11.1. The van der Waals surface area contributed by atoms with E-state index >= 15 is 0 Å². The minimum absolute atomic E-state index is 0.0692. The Hall–Kier alpha value is -3.31. The predicted octanol–water partition coefficient (Wildman–Crippen LogP) is 5.83. The summed E-state index contributed by atoms with van der Waals surface area (Å²) in [5.74, 6) is 1.40. The third-order valence-electron chi connectivity index (χ3n) is 5.57. The molecule has 1 aromatic heterocycles. The van der Waals surface area contributed by atoms with Crippen molar-refractivity contribution in [1.29, 1.82) is 0 Å². The third-order valence-corrected chi connectivity index (χ3v) is 5.57. The van der Waals surface area contributed by atoms with Gasteiger partial charge in [0.05, 0.1) is 11.1 Å². The van der Waals surface area contributed by atoms with Gasteiger partial charge in [-0.25, -0.2) is 0 Å². The largest absolute Gasteiger partial charge is 0.489 e. The van der Waals surface area contributed by atoms with Gasteiger partial charge in [0.1, 0.15) is 23.7 Å². The van der Waals surface area contributed by atoms with E-state index in [1.165, 1.54) is 5.39 Å². The Balaban J connectivity index is 1.69. The van der Waals surface area contributed by atoms with Crippen LogP contribution in [0.3, 0.4) is 0 Å². The molecule has 1 heterocycles. The van der Waals surface area contributed by atoms with Crippen LogP contribution in [-0.4, -0.2) is 18.3 Å². The normalized spacial score (nSPS) is 11.4. The molecule has 4 rings (SSSR count). The highest BCUT2D eigenvalue weighted by Gasteiger charge is 2.14. The van der Waals surface area contributed by atoms with Crippen molar-refractivity contribution in [3.05, 3.63) is 82.2 Å². The second kappa shape index (κ2) is 9.88. The molecule has 0 unspecified atom stereocenters. The fourth-order valence-electron chi connectivity index (χ4n) is 3.83. The molecule has 4 aromatic rings. The smallest absolute Gasteiger partial charge is 0.195 e. The van der Waals surface area contributed by atoms with Crippen LogP contribution >= 0.6 is 0 Å². The summed E-state index contributed by atoms with van der Waals surface area (Å²) in [5.41, 5.74) is 2.23. The molecule has 0 aliphatic rings. The zero-order valence-electron chi connectivity index (χ0n) is 18.6. The number of hydrogen-bond acceptors (Lipinski definition) is 5. The Labute approximate surface area is 187 Å². The molecule has 0 bridgehead atoms. The number of aliphatic hydroxyl groups excluding tert-OH is 1. The van der Waals surface area contributed by atoms with E-state index in [1.54, 1.807) is 12.1 Å². The molecule has 0 saturated heterocycles. The lowest BCUT2D eigenvalue weighted by Crippen LogP contribution is -2.10. The standard InChI is InChI=1S/C27H29NO4/c1-18(2)25-16-24(30)27-23(28-12-5-6-13-29)14-21(15-26(27)32-25)31-17-20-10-7-9-19-8-3-4-11-22(19)20/h3-4,7-11,14-16,18,28-29H,5-6,12-13,17H2,1-2H3. The van der Waals surface area contributed by atoms with Gasteiger partial charge in [-0.1, -0.05) is 56.3 Å². The number of hydrogen-bond donors (Lipinski definition) is 2. The summed E-state index contributed by atoms with van der Waals surface area (Å²) < 4.78 is 12.2. The molecular formula is C27H29NO4. The molecular weight excluding hydrogens is 402 g/mol. The highest BCUT2D eigenvalue weighted by Crippen LogP contribution is 2.30. The van der Waals surface area contributed by atoms with Crippen molar-refractivity contribution in [2.45, 2.75) is 39.2 Å². The second-order valence-corrected chi connectivity index (χ2v) is 8.30. The Morgan fingerprint density at radius 3 is 2.66 bits per heavy atom. The number of fused-ring (bicyclic) bond motifs is 2. The number of anilines is 1.